The number of hydrogen-bond acceptors (Lipinski definition) is 8. The number of benzene rings is 2. The molecule has 2 N–H and O–H groups in total. The maximum atomic E-state index is 15.5. The molecule has 2 aromatic heterocycles. The van der Waals surface area contributed by atoms with E-state index in [1.54, 1.807) is 24.4 Å². The van der Waals surface area contributed by atoms with Gasteiger partial charge in [-0.05, 0) is 23.1 Å². The molecule has 49 heavy (non-hydrogen) atoms. The Labute approximate surface area is 294 Å². The SMILES string of the molecule is CC(=O)OCc1c(-c2ccnc(NC3=CC=C(C(=N)N4CCOCC4)C=C[I-]3)c2)cccc1-n1ncc2cc(C(C)(C)C)cc(F)c2c1=O. The molecular weight excluding hydrogens is 738 g/mol. The zero-order chi connectivity index (χ0) is 34.7. The van der Waals surface area contributed by atoms with Crippen molar-refractivity contribution in [2.45, 2.75) is 39.7 Å². The topological polar surface area (TPSA) is 122 Å². The molecule has 2 aromatic carbocycles. The van der Waals surface area contributed by atoms with E-state index in [0.717, 1.165) is 25.1 Å². The maximum absolute atomic E-state index is 15.5. The van der Waals surface area contributed by atoms with Gasteiger partial charge in [0.25, 0.3) is 0 Å². The summed E-state index contributed by atoms with van der Waals surface area (Å²) in [5.74, 6) is -0.00222. The van der Waals surface area contributed by atoms with E-state index in [9.17, 15) is 9.59 Å². The number of carbonyl (C=O) groups excluding carboxylic acids is 1. The van der Waals surface area contributed by atoms with E-state index < -0.39 is 38.6 Å². The number of carbonyl (C=O) groups is 1. The number of rotatable bonds is 7. The second-order valence-electron chi connectivity index (χ2n) is 12.7. The number of esters is 1. The van der Waals surface area contributed by atoms with Gasteiger partial charge in [-0.1, -0.05) is 20.8 Å². The quantitative estimate of drug-likeness (QED) is 0.0967. The second-order valence-corrected chi connectivity index (χ2v) is 15.2. The Morgan fingerprint density at radius 3 is 2.69 bits per heavy atom. The number of halogens is 2. The molecule has 0 aliphatic carbocycles. The molecule has 0 amide bonds. The summed E-state index contributed by atoms with van der Waals surface area (Å²) < 4.78 is 30.7. The van der Waals surface area contributed by atoms with Crippen LogP contribution in [0.5, 0.6) is 0 Å². The molecule has 0 unspecified atom stereocenters. The van der Waals surface area contributed by atoms with Gasteiger partial charge in [-0.25, -0.2) is 4.39 Å². The van der Waals surface area contributed by atoms with Crippen molar-refractivity contribution >= 4 is 28.4 Å². The number of allylic oxidation sites excluding steroid dienone is 2. The van der Waals surface area contributed by atoms with Gasteiger partial charge in [-0.15, -0.1) is 0 Å². The Balaban J connectivity index is 1.35. The molecule has 0 atom stereocenters. The van der Waals surface area contributed by atoms with Crippen molar-refractivity contribution in [3.8, 4) is 16.8 Å². The van der Waals surface area contributed by atoms with Gasteiger partial charge < -0.3 is 0 Å². The summed E-state index contributed by atoms with van der Waals surface area (Å²) in [5, 5.41) is 16.9. The zero-order valence-corrected chi connectivity index (χ0v) is 29.9. The number of hydrogen-bond donors (Lipinski definition) is 2. The third-order valence-electron chi connectivity index (χ3n) is 8.26. The number of amidine groups is 1. The van der Waals surface area contributed by atoms with E-state index in [0.29, 0.717) is 60.2 Å². The van der Waals surface area contributed by atoms with E-state index in [4.69, 9.17) is 14.9 Å². The predicted molar refractivity (Wildman–Crippen MR) is 184 cm³/mol. The fourth-order valence-corrected chi connectivity index (χ4v) is 7.39. The van der Waals surface area contributed by atoms with Crippen LogP contribution >= 0.6 is 0 Å². The number of anilines is 1. The minimum atomic E-state index is -0.614. The Morgan fingerprint density at radius 2 is 1.94 bits per heavy atom. The van der Waals surface area contributed by atoms with E-state index >= 15 is 4.39 Å². The van der Waals surface area contributed by atoms with Crippen LogP contribution in [0.2, 0.25) is 0 Å². The molecule has 12 heteroatoms. The fraction of sp³-hybridized carbons (Fsp3) is 0.270. The van der Waals surface area contributed by atoms with Gasteiger partial charge in [0.1, 0.15) is 0 Å². The number of ether oxygens (including phenoxy) is 2. The van der Waals surface area contributed by atoms with E-state index in [2.05, 4.69) is 19.5 Å². The molecule has 0 bridgehead atoms. The summed E-state index contributed by atoms with van der Waals surface area (Å²) in [6, 6.07) is 12.3. The Morgan fingerprint density at radius 1 is 1.14 bits per heavy atom. The first-order chi connectivity index (χ1) is 23.5. The molecule has 2 aliphatic heterocycles. The molecule has 254 valence electrons. The van der Waals surface area contributed by atoms with E-state index in [-0.39, 0.29) is 17.4 Å². The molecule has 4 heterocycles. The number of morpholine rings is 1. The average Bonchev–Trinajstić information content (AvgIpc) is 3.32. The summed E-state index contributed by atoms with van der Waals surface area (Å²) in [4.78, 5) is 32.3. The van der Waals surface area contributed by atoms with Gasteiger partial charge in [0.15, 0.2) is 0 Å². The van der Waals surface area contributed by atoms with E-state index in [1.807, 2.05) is 62.1 Å². The number of nitrogens with zero attached hydrogens (tertiary/aromatic N) is 4. The molecule has 2 aliphatic rings. The summed E-state index contributed by atoms with van der Waals surface area (Å²) in [5.41, 5.74) is 3.06. The van der Waals surface area contributed by atoms with Crippen LogP contribution in [0.3, 0.4) is 0 Å². The molecule has 6 rings (SSSR count). The molecule has 1 fully saturated rings. The number of fused-ring (bicyclic) bond motifs is 1. The molecule has 0 radical (unpaired) electrons. The average molecular weight is 776 g/mol. The Bertz CT molecular complexity index is 2090. The second kappa shape index (κ2) is 14.4. The van der Waals surface area contributed by atoms with Crippen LogP contribution in [0.4, 0.5) is 10.2 Å². The number of pyridine rings is 1. The molecule has 0 spiro atoms. The zero-order valence-electron chi connectivity index (χ0n) is 27.7. The number of aromatic nitrogens is 3. The van der Waals surface area contributed by atoms with Crippen molar-refractivity contribution in [2.75, 3.05) is 31.6 Å². The molecule has 4 aromatic rings. The third-order valence-corrected chi connectivity index (χ3v) is 10.3. The first-order valence-corrected chi connectivity index (χ1v) is 18.2. The van der Waals surface area contributed by atoms with Gasteiger partial charge in [-0.3, -0.25) is 0 Å². The van der Waals surface area contributed by atoms with Gasteiger partial charge in [0.05, 0.1) is 0 Å². The summed E-state index contributed by atoms with van der Waals surface area (Å²) in [7, 11) is 0. The summed E-state index contributed by atoms with van der Waals surface area (Å²) in [6.07, 6.45) is 9.13. The fourth-order valence-electron chi connectivity index (χ4n) is 5.61. The van der Waals surface area contributed by atoms with Gasteiger partial charge >= 0.3 is 247 Å². The van der Waals surface area contributed by atoms with Crippen molar-refractivity contribution in [1.82, 2.24) is 19.7 Å². The van der Waals surface area contributed by atoms with Crippen LogP contribution in [-0.2, 0) is 26.3 Å². The Kier molecular flexibility index (Phi) is 10.1. The van der Waals surface area contributed by atoms with E-state index in [1.165, 1.54) is 19.2 Å². The van der Waals surface area contributed by atoms with Crippen molar-refractivity contribution in [1.29, 1.82) is 5.41 Å². The van der Waals surface area contributed by atoms with Gasteiger partial charge in [-0.2, -0.15) is 0 Å². The van der Waals surface area contributed by atoms with Crippen molar-refractivity contribution in [3.05, 3.63) is 114 Å². The standard InChI is InChI=1S/C37H37FIN6O4/c1-23(46)49-22-29-28(6-5-7-31(29)45-36(47)34-26(21-42-45)18-27(20-30(34)38)37(2,3)4)25-11-13-41-33(19-25)43-32-9-8-24(10-12-39-32)35(40)44-14-16-48-17-15-44/h5-13,18-21,40H,14-17,22H2,1-4H3,(H,41,43)/q-1. The van der Waals surface area contributed by atoms with Gasteiger partial charge in [0.2, 0.25) is 0 Å². The first-order valence-electron chi connectivity index (χ1n) is 15.8. The number of nitrogens with one attached hydrogen (secondary N) is 2. The van der Waals surface area contributed by atoms with Gasteiger partial charge in [0, 0.05) is 0 Å². The molecule has 0 saturated carbocycles. The van der Waals surface area contributed by atoms with Crippen LogP contribution in [0.1, 0.15) is 38.8 Å². The molecule has 1 saturated heterocycles. The molecule has 10 nitrogen and oxygen atoms in total. The third kappa shape index (κ3) is 7.65. The van der Waals surface area contributed by atoms with Crippen LogP contribution < -0.4 is 32.1 Å². The van der Waals surface area contributed by atoms with Crippen LogP contribution in [0.25, 0.3) is 27.6 Å². The predicted octanol–water partition coefficient (Wildman–Crippen LogP) is 3.05. The summed E-state index contributed by atoms with van der Waals surface area (Å²) >= 11 is -0.525. The minimum absolute atomic E-state index is 0.0615. The van der Waals surface area contributed by atoms with Crippen molar-refractivity contribution < 1.29 is 39.9 Å². The first kappa shape index (κ1) is 34.2. The Hall–Kier alpha value is -4.69. The monoisotopic (exact) mass is 775 g/mol. The summed E-state index contributed by atoms with van der Waals surface area (Å²) in [6.45, 7) is 9.77. The van der Waals surface area contributed by atoms with Crippen molar-refractivity contribution in [2.24, 2.45) is 0 Å². The molecular formula is C37H37FIN6O4-. The van der Waals surface area contributed by atoms with Crippen LogP contribution in [-0.4, -0.2) is 57.8 Å². The van der Waals surface area contributed by atoms with Crippen LogP contribution in [0, 0.1) is 11.2 Å². The van der Waals surface area contributed by atoms with Crippen LogP contribution in [0.15, 0.2) is 91.2 Å². The van der Waals surface area contributed by atoms with Crippen molar-refractivity contribution in [3.63, 3.8) is 0 Å². The normalized spacial score (nSPS) is 15.2.